The number of rotatable bonds is 4. The summed E-state index contributed by atoms with van der Waals surface area (Å²) in [5, 5.41) is 0. The van der Waals surface area contributed by atoms with E-state index in [1.54, 1.807) is 0 Å². The van der Waals surface area contributed by atoms with E-state index < -0.39 is 0 Å². The highest BCUT2D eigenvalue weighted by Crippen LogP contribution is 2.23. The van der Waals surface area contributed by atoms with Crippen molar-refractivity contribution in [2.75, 3.05) is 31.2 Å². The summed E-state index contributed by atoms with van der Waals surface area (Å²) in [4.78, 5) is 16.6. The van der Waals surface area contributed by atoms with Crippen molar-refractivity contribution in [3.63, 3.8) is 0 Å². The van der Waals surface area contributed by atoms with E-state index in [4.69, 9.17) is 14.7 Å². The lowest BCUT2D eigenvalue weighted by Gasteiger charge is -2.28. The third kappa shape index (κ3) is 4.31. The van der Waals surface area contributed by atoms with Crippen LogP contribution in [0.15, 0.2) is 48.5 Å². The Hall–Kier alpha value is -2.79. The first-order valence-corrected chi connectivity index (χ1v) is 9.37. The van der Waals surface area contributed by atoms with Crippen LogP contribution in [0.2, 0.25) is 0 Å². The Bertz CT molecular complexity index is 935. The van der Waals surface area contributed by atoms with Gasteiger partial charge in [0.25, 0.3) is 0 Å². The van der Waals surface area contributed by atoms with Gasteiger partial charge in [0.05, 0.1) is 24.6 Å². The number of aromatic nitrogens is 3. The molecule has 0 amide bonds. The van der Waals surface area contributed by atoms with Crippen molar-refractivity contribution < 1.29 is 4.74 Å². The Morgan fingerprint density at radius 1 is 0.889 bits per heavy atom. The number of ether oxygens (including phenoxy) is 1. The van der Waals surface area contributed by atoms with Crippen molar-refractivity contribution in [1.82, 2.24) is 15.0 Å². The molecule has 0 radical (unpaired) electrons. The fourth-order valence-electron chi connectivity index (χ4n) is 3.34. The van der Waals surface area contributed by atoms with E-state index in [2.05, 4.69) is 41.1 Å². The van der Waals surface area contributed by atoms with Crippen molar-refractivity contribution in [2.45, 2.75) is 20.3 Å². The Balaban J connectivity index is 1.73. The van der Waals surface area contributed by atoms with Gasteiger partial charge in [-0.05, 0) is 31.5 Å². The molecule has 5 nitrogen and oxygen atoms in total. The van der Waals surface area contributed by atoms with E-state index in [0.717, 1.165) is 55.0 Å². The minimum Gasteiger partial charge on any atom is -0.378 e. The number of hydrogen-bond donors (Lipinski definition) is 0. The monoisotopic (exact) mass is 360 g/mol. The van der Waals surface area contributed by atoms with Crippen LogP contribution in [0.3, 0.4) is 0 Å². The van der Waals surface area contributed by atoms with Crippen LogP contribution >= 0.6 is 0 Å². The molecule has 0 spiro atoms. The summed E-state index contributed by atoms with van der Waals surface area (Å²) in [6, 6.07) is 16.6. The summed E-state index contributed by atoms with van der Waals surface area (Å²) >= 11 is 0. The Morgan fingerprint density at radius 3 is 2.48 bits per heavy atom. The SMILES string of the molecule is Cc1cccc(Cc2nc(-c3cccc(C)n3)cc(N3CCOCC3)n2)c1. The van der Waals surface area contributed by atoms with Crippen molar-refractivity contribution in [3.05, 3.63) is 71.2 Å². The Morgan fingerprint density at radius 2 is 1.70 bits per heavy atom. The highest BCUT2D eigenvalue weighted by molar-refractivity contribution is 5.59. The first kappa shape index (κ1) is 17.6. The molecule has 3 aromatic rings. The van der Waals surface area contributed by atoms with Crippen LogP contribution in [0.5, 0.6) is 0 Å². The Labute approximate surface area is 160 Å². The highest BCUT2D eigenvalue weighted by Gasteiger charge is 2.16. The first-order chi connectivity index (χ1) is 13.2. The minimum absolute atomic E-state index is 0.707. The molecule has 0 N–H and O–H groups in total. The second-order valence-electron chi connectivity index (χ2n) is 6.96. The van der Waals surface area contributed by atoms with Gasteiger partial charge in [-0.3, -0.25) is 4.98 Å². The normalized spacial score (nSPS) is 14.4. The molecule has 1 aliphatic heterocycles. The average Bonchev–Trinajstić information content (AvgIpc) is 2.68. The molecule has 0 unspecified atom stereocenters. The molecule has 4 rings (SSSR count). The maximum Gasteiger partial charge on any atom is 0.135 e. The van der Waals surface area contributed by atoms with Gasteiger partial charge in [0.2, 0.25) is 0 Å². The maximum atomic E-state index is 5.49. The van der Waals surface area contributed by atoms with E-state index >= 15 is 0 Å². The molecule has 5 heteroatoms. The molecular formula is C22H24N4O. The molecule has 0 atom stereocenters. The van der Waals surface area contributed by atoms with E-state index in [0.29, 0.717) is 6.42 Å². The minimum atomic E-state index is 0.707. The summed E-state index contributed by atoms with van der Waals surface area (Å²) in [5.74, 6) is 1.78. The van der Waals surface area contributed by atoms with E-state index in [1.165, 1.54) is 11.1 Å². The second-order valence-corrected chi connectivity index (χ2v) is 6.96. The van der Waals surface area contributed by atoms with Crippen LogP contribution in [0.4, 0.5) is 5.82 Å². The molecule has 138 valence electrons. The predicted molar refractivity (Wildman–Crippen MR) is 107 cm³/mol. The fraction of sp³-hybridized carbons (Fsp3) is 0.318. The summed E-state index contributed by atoms with van der Waals surface area (Å²) in [7, 11) is 0. The number of aryl methyl sites for hydroxylation is 2. The number of benzene rings is 1. The zero-order valence-corrected chi connectivity index (χ0v) is 15.9. The van der Waals surface area contributed by atoms with Crippen LogP contribution in [0, 0.1) is 13.8 Å². The average molecular weight is 360 g/mol. The molecule has 27 heavy (non-hydrogen) atoms. The lowest BCUT2D eigenvalue weighted by atomic mass is 10.1. The second kappa shape index (κ2) is 7.84. The summed E-state index contributed by atoms with van der Waals surface area (Å²) < 4.78 is 5.49. The van der Waals surface area contributed by atoms with Crippen molar-refractivity contribution in [3.8, 4) is 11.4 Å². The van der Waals surface area contributed by atoms with Gasteiger partial charge in [-0.2, -0.15) is 0 Å². The predicted octanol–water partition coefficient (Wildman–Crippen LogP) is 3.58. The number of nitrogens with zero attached hydrogens (tertiary/aromatic N) is 4. The number of hydrogen-bond acceptors (Lipinski definition) is 5. The van der Waals surface area contributed by atoms with Gasteiger partial charge < -0.3 is 9.64 Å². The zero-order chi connectivity index (χ0) is 18.6. The van der Waals surface area contributed by atoms with Crippen molar-refractivity contribution in [2.24, 2.45) is 0 Å². The molecule has 1 aromatic carbocycles. The van der Waals surface area contributed by atoms with Crippen LogP contribution in [0.25, 0.3) is 11.4 Å². The molecule has 1 aliphatic rings. The van der Waals surface area contributed by atoms with Gasteiger partial charge in [0, 0.05) is 31.3 Å². The molecule has 0 bridgehead atoms. The van der Waals surface area contributed by atoms with E-state index in [1.807, 2.05) is 31.2 Å². The molecule has 1 fully saturated rings. The van der Waals surface area contributed by atoms with Crippen molar-refractivity contribution >= 4 is 5.82 Å². The van der Waals surface area contributed by atoms with Gasteiger partial charge >= 0.3 is 0 Å². The van der Waals surface area contributed by atoms with Crippen LogP contribution in [-0.4, -0.2) is 41.3 Å². The maximum absolute atomic E-state index is 5.49. The lowest BCUT2D eigenvalue weighted by Crippen LogP contribution is -2.37. The van der Waals surface area contributed by atoms with E-state index in [9.17, 15) is 0 Å². The lowest BCUT2D eigenvalue weighted by molar-refractivity contribution is 0.122. The largest absolute Gasteiger partial charge is 0.378 e. The summed E-state index contributed by atoms with van der Waals surface area (Å²) in [6.07, 6.45) is 0.707. The standard InChI is InChI=1S/C22H24N4O/c1-16-5-3-7-18(13-16)14-21-24-20(19-8-4-6-17(2)23-19)15-22(25-21)26-9-11-27-12-10-26/h3-8,13,15H,9-12,14H2,1-2H3. The third-order valence-corrected chi connectivity index (χ3v) is 4.69. The van der Waals surface area contributed by atoms with Gasteiger partial charge in [-0.25, -0.2) is 9.97 Å². The number of anilines is 1. The van der Waals surface area contributed by atoms with Gasteiger partial charge in [-0.15, -0.1) is 0 Å². The molecule has 1 saturated heterocycles. The van der Waals surface area contributed by atoms with Crippen LogP contribution in [0.1, 0.15) is 22.6 Å². The number of morpholine rings is 1. The van der Waals surface area contributed by atoms with Gasteiger partial charge in [0.1, 0.15) is 11.6 Å². The van der Waals surface area contributed by atoms with Gasteiger partial charge in [0.15, 0.2) is 0 Å². The third-order valence-electron chi connectivity index (χ3n) is 4.69. The van der Waals surface area contributed by atoms with Crippen LogP contribution in [-0.2, 0) is 11.2 Å². The van der Waals surface area contributed by atoms with E-state index in [-0.39, 0.29) is 0 Å². The molecular weight excluding hydrogens is 336 g/mol. The van der Waals surface area contributed by atoms with Crippen molar-refractivity contribution in [1.29, 1.82) is 0 Å². The summed E-state index contributed by atoms with van der Waals surface area (Å²) in [5.41, 5.74) is 5.21. The molecule has 0 aliphatic carbocycles. The highest BCUT2D eigenvalue weighted by atomic mass is 16.5. The first-order valence-electron chi connectivity index (χ1n) is 9.37. The summed E-state index contributed by atoms with van der Waals surface area (Å²) in [6.45, 7) is 7.27. The van der Waals surface area contributed by atoms with Crippen LogP contribution < -0.4 is 4.90 Å². The fourth-order valence-corrected chi connectivity index (χ4v) is 3.34. The quantitative estimate of drug-likeness (QED) is 0.712. The number of pyridine rings is 1. The molecule has 2 aromatic heterocycles. The Kier molecular flexibility index (Phi) is 5.12. The van der Waals surface area contributed by atoms with Gasteiger partial charge in [-0.1, -0.05) is 35.9 Å². The molecule has 0 saturated carbocycles. The molecule has 3 heterocycles. The smallest absolute Gasteiger partial charge is 0.135 e. The zero-order valence-electron chi connectivity index (χ0n) is 15.9. The topological polar surface area (TPSA) is 51.1 Å².